The molecule has 1 atom stereocenters. The predicted molar refractivity (Wildman–Crippen MR) is 286 cm³/mol. The van der Waals surface area contributed by atoms with Crippen molar-refractivity contribution in [1.82, 2.24) is 9.97 Å². The highest BCUT2D eigenvalue weighted by Crippen LogP contribution is 2.48. The minimum absolute atomic E-state index is 0.0597. The van der Waals surface area contributed by atoms with Gasteiger partial charge in [-0.1, -0.05) is 182 Å². The van der Waals surface area contributed by atoms with Crippen LogP contribution in [-0.4, -0.2) is 9.97 Å². The smallest absolute Gasteiger partial charge is 0.0975 e. The fourth-order valence-corrected chi connectivity index (χ4v) is 11.8. The number of hydrogen-bond acceptors (Lipinski definition) is 3. The van der Waals surface area contributed by atoms with Crippen LogP contribution in [0.2, 0.25) is 0 Å². The number of thiophene rings is 1. The van der Waals surface area contributed by atoms with E-state index in [0.717, 1.165) is 46.8 Å². The number of hydrogen-bond donors (Lipinski definition) is 0. The fourth-order valence-electron chi connectivity index (χ4n) is 10.5. The van der Waals surface area contributed by atoms with Gasteiger partial charge < -0.3 is 0 Å². The fraction of sp³-hybridized carbons (Fsp3) is 0.0625. The average molecular weight is 873 g/mol. The van der Waals surface area contributed by atoms with Crippen molar-refractivity contribution in [2.45, 2.75) is 25.2 Å². The Hall–Kier alpha value is -7.98. The molecule has 11 aromatic rings. The summed E-state index contributed by atoms with van der Waals surface area (Å²) >= 11 is 1.93. The standard InChI is InChI=1S/C64H44N2S/c1-4-17-41(18-5-1)44-23-14-25-46(33-44)50-36-56(43-21-8-3-9-22-43)63-58(38-50)59-39-51(47-26-15-24-45(34-47)42-19-6-2-7-20-42)37-57(64(59)67-63)48-27-16-28-49(35-48)60-40-65-61-54-31-12-10-29-52(54)53-30-11-13-32-55(53)62(61)66-60/h2-4,6-34,36-40,49H,1,5,35H2. The van der Waals surface area contributed by atoms with E-state index in [-0.39, 0.29) is 5.92 Å². The Morgan fingerprint density at radius 1 is 0.448 bits per heavy atom. The van der Waals surface area contributed by atoms with Crippen LogP contribution >= 0.6 is 11.3 Å². The molecule has 316 valence electrons. The second kappa shape index (κ2) is 16.5. The van der Waals surface area contributed by atoms with Crippen LogP contribution in [-0.2, 0) is 0 Å². The van der Waals surface area contributed by atoms with Crippen LogP contribution in [0.3, 0.4) is 0 Å². The molecule has 0 saturated heterocycles. The molecule has 1 unspecified atom stereocenters. The van der Waals surface area contributed by atoms with Gasteiger partial charge in [-0.2, -0.15) is 0 Å². The average Bonchev–Trinajstić information content (AvgIpc) is 3.80. The third-order valence-corrected chi connectivity index (χ3v) is 15.1. The minimum atomic E-state index is 0.0597. The number of fused-ring (bicyclic) bond motifs is 9. The number of nitrogens with zero attached hydrogens (tertiary/aromatic N) is 2. The first-order valence-corrected chi connectivity index (χ1v) is 24.2. The molecule has 0 spiro atoms. The lowest BCUT2D eigenvalue weighted by atomic mass is 9.86. The van der Waals surface area contributed by atoms with E-state index >= 15 is 0 Å². The summed E-state index contributed by atoms with van der Waals surface area (Å²) in [6.07, 6.45) is 18.8. The Kier molecular flexibility index (Phi) is 9.68. The maximum Gasteiger partial charge on any atom is 0.0975 e. The largest absolute Gasteiger partial charge is 0.252 e. The molecule has 0 amide bonds. The molecule has 2 aromatic heterocycles. The number of aromatic nitrogens is 2. The van der Waals surface area contributed by atoms with Crippen molar-refractivity contribution >= 4 is 75.2 Å². The van der Waals surface area contributed by atoms with Crippen molar-refractivity contribution < 1.29 is 0 Å². The molecule has 0 N–H and O–H groups in total. The first-order chi connectivity index (χ1) is 33.2. The predicted octanol–water partition coefficient (Wildman–Crippen LogP) is 17.8. The van der Waals surface area contributed by atoms with E-state index in [1.54, 1.807) is 0 Å². The molecule has 2 heterocycles. The van der Waals surface area contributed by atoms with Gasteiger partial charge in [0.25, 0.3) is 0 Å². The van der Waals surface area contributed by atoms with Gasteiger partial charge in [-0.05, 0) is 128 Å². The van der Waals surface area contributed by atoms with Gasteiger partial charge in [0, 0.05) is 48.6 Å². The number of allylic oxidation sites excluding steroid dienone is 8. The number of rotatable bonds is 7. The lowest BCUT2D eigenvalue weighted by Gasteiger charge is -2.20. The molecule has 0 aliphatic heterocycles. The number of benzene rings is 9. The first-order valence-electron chi connectivity index (χ1n) is 23.4. The second-order valence-corrected chi connectivity index (χ2v) is 18.9. The zero-order valence-electron chi connectivity index (χ0n) is 36.9. The summed E-state index contributed by atoms with van der Waals surface area (Å²) in [5.41, 5.74) is 17.8. The maximum absolute atomic E-state index is 5.48. The third-order valence-electron chi connectivity index (χ3n) is 13.8. The molecule has 2 aliphatic rings. The molecule has 2 aliphatic carbocycles. The van der Waals surface area contributed by atoms with Gasteiger partial charge in [-0.3, -0.25) is 4.98 Å². The maximum atomic E-state index is 5.48. The van der Waals surface area contributed by atoms with Gasteiger partial charge >= 0.3 is 0 Å². The zero-order valence-corrected chi connectivity index (χ0v) is 37.7. The Morgan fingerprint density at radius 3 is 1.70 bits per heavy atom. The summed E-state index contributed by atoms with van der Waals surface area (Å²) in [6, 6.07) is 66.8. The van der Waals surface area contributed by atoms with Crippen LogP contribution in [0.1, 0.15) is 42.0 Å². The zero-order chi connectivity index (χ0) is 44.3. The molecule has 13 rings (SSSR count). The lowest BCUT2D eigenvalue weighted by Crippen LogP contribution is -2.05. The molecule has 0 saturated carbocycles. The van der Waals surface area contributed by atoms with Gasteiger partial charge in [0.2, 0.25) is 0 Å². The molecule has 0 fully saturated rings. The summed E-state index contributed by atoms with van der Waals surface area (Å²) in [5.74, 6) is 0.0597. The van der Waals surface area contributed by atoms with E-state index in [1.165, 1.54) is 97.7 Å². The van der Waals surface area contributed by atoms with Crippen LogP contribution in [0.15, 0.2) is 225 Å². The Morgan fingerprint density at radius 2 is 1.01 bits per heavy atom. The molecular weight excluding hydrogens is 829 g/mol. The van der Waals surface area contributed by atoms with Crippen LogP contribution in [0.5, 0.6) is 0 Å². The van der Waals surface area contributed by atoms with Crippen LogP contribution in [0.4, 0.5) is 0 Å². The topological polar surface area (TPSA) is 25.8 Å². The van der Waals surface area contributed by atoms with E-state index in [0.29, 0.717) is 0 Å². The van der Waals surface area contributed by atoms with E-state index in [2.05, 4.69) is 218 Å². The molecule has 3 heteroatoms. The van der Waals surface area contributed by atoms with Crippen LogP contribution in [0, 0.1) is 0 Å². The van der Waals surface area contributed by atoms with E-state index < -0.39 is 0 Å². The van der Waals surface area contributed by atoms with Gasteiger partial charge in [-0.15, -0.1) is 11.3 Å². The van der Waals surface area contributed by atoms with E-state index in [9.17, 15) is 0 Å². The minimum Gasteiger partial charge on any atom is -0.252 e. The molecule has 0 radical (unpaired) electrons. The highest BCUT2D eigenvalue weighted by atomic mass is 32.1. The SMILES string of the molecule is C1=CC(c2cnc3c4ccccc4c4ccccc4c3n2)CC(c2cc(-c3cccc(-c4ccccc4)c3)cc3c2sc2c(-c4ccccc4)cc(-c4cccc(C5=CCCC=C5)c4)cc23)=C1. The van der Waals surface area contributed by atoms with Crippen molar-refractivity contribution in [1.29, 1.82) is 0 Å². The molecular formula is C64H44N2S. The van der Waals surface area contributed by atoms with Crippen molar-refractivity contribution in [3.05, 3.63) is 241 Å². The summed E-state index contributed by atoms with van der Waals surface area (Å²) in [5, 5.41) is 7.26. The van der Waals surface area contributed by atoms with Crippen LogP contribution < -0.4 is 0 Å². The highest BCUT2D eigenvalue weighted by molar-refractivity contribution is 7.26. The van der Waals surface area contributed by atoms with Crippen molar-refractivity contribution in [2.75, 3.05) is 0 Å². The van der Waals surface area contributed by atoms with Gasteiger partial charge in [0.05, 0.1) is 16.7 Å². The Bertz CT molecular complexity index is 3850. The summed E-state index contributed by atoms with van der Waals surface area (Å²) in [7, 11) is 0. The summed E-state index contributed by atoms with van der Waals surface area (Å²) in [6.45, 7) is 0. The molecule has 67 heavy (non-hydrogen) atoms. The van der Waals surface area contributed by atoms with Gasteiger partial charge in [0.15, 0.2) is 0 Å². The first kappa shape index (κ1) is 39.4. The van der Waals surface area contributed by atoms with Gasteiger partial charge in [-0.25, -0.2) is 4.98 Å². The molecule has 9 aromatic carbocycles. The second-order valence-electron chi connectivity index (χ2n) is 17.9. The lowest BCUT2D eigenvalue weighted by molar-refractivity contribution is 0.828. The Balaban J connectivity index is 1.00. The monoisotopic (exact) mass is 872 g/mol. The van der Waals surface area contributed by atoms with Crippen molar-refractivity contribution in [3.63, 3.8) is 0 Å². The van der Waals surface area contributed by atoms with E-state index in [1.807, 2.05) is 17.5 Å². The Labute approximate surface area is 394 Å². The highest BCUT2D eigenvalue weighted by Gasteiger charge is 2.24. The van der Waals surface area contributed by atoms with Crippen molar-refractivity contribution in [2.24, 2.45) is 0 Å². The normalized spacial score (nSPS) is 14.9. The van der Waals surface area contributed by atoms with Gasteiger partial charge in [0.1, 0.15) is 0 Å². The quantitative estimate of drug-likeness (QED) is 0.149. The van der Waals surface area contributed by atoms with E-state index in [4.69, 9.17) is 9.97 Å². The molecule has 0 bridgehead atoms. The van der Waals surface area contributed by atoms with Crippen LogP contribution in [0.25, 0.3) is 108 Å². The summed E-state index contributed by atoms with van der Waals surface area (Å²) < 4.78 is 2.61. The summed E-state index contributed by atoms with van der Waals surface area (Å²) in [4.78, 5) is 10.7. The third kappa shape index (κ3) is 7.02. The van der Waals surface area contributed by atoms with Crippen molar-refractivity contribution in [3.8, 4) is 44.5 Å². The molecule has 2 nitrogen and oxygen atoms in total.